The monoisotopic (exact) mass is 628 g/mol. The fourth-order valence-corrected chi connectivity index (χ4v) is 8.95. The Morgan fingerprint density at radius 3 is 1.79 bits per heavy atom. The lowest BCUT2D eigenvalue weighted by Crippen LogP contribution is -2.06. The van der Waals surface area contributed by atoms with Gasteiger partial charge < -0.3 is 0 Å². The SMILES string of the molecule is c1ccc(-c2nc(-c3ccccc3)nc(-n3c4cccc5c4c4c(c6c(cc43)sc3ccccc36)-c3cccc4cccc-5c34)n2)cc1. The van der Waals surface area contributed by atoms with E-state index >= 15 is 0 Å². The number of thiophene rings is 1. The van der Waals surface area contributed by atoms with E-state index in [0.29, 0.717) is 17.6 Å². The molecule has 11 rings (SSSR count). The Kier molecular flexibility index (Phi) is 5.23. The molecule has 0 amide bonds. The van der Waals surface area contributed by atoms with Gasteiger partial charge in [0.1, 0.15) is 0 Å². The van der Waals surface area contributed by atoms with Crippen molar-refractivity contribution in [3.8, 4) is 51.0 Å². The molecule has 1 aliphatic rings. The van der Waals surface area contributed by atoms with Crippen molar-refractivity contribution in [1.82, 2.24) is 19.5 Å². The van der Waals surface area contributed by atoms with Crippen molar-refractivity contribution in [2.45, 2.75) is 0 Å². The molecule has 3 heterocycles. The van der Waals surface area contributed by atoms with Gasteiger partial charge in [-0.25, -0.2) is 4.98 Å². The standard InChI is InChI=1S/C43H24N4S/c1-3-12-26(13-4-1)41-44-42(27-14-5-2-6-15-27)46-43(45-41)47-32-22-11-20-29-28-19-9-16-25-17-10-21-31(36(25)28)39-38-30-18-7-8-23-34(30)48-35(38)24-33(47)40(39)37(29)32/h1-24H. The molecule has 0 saturated carbocycles. The number of benzene rings is 7. The van der Waals surface area contributed by atoms with Gasteiger partial charge in [0.05, 0.1) is 11.0 Å². The summed E-state index contributed by atoms with van der Waals surface area (Å²) in [6.07, 6.45) is 0. The average Bonchev–Trinajstić information content (AvgIpc) is 3.65. The highest BCUT2D eigenvalue weighted by Gasteiger charge is 2.28. The molecular weight excluding hydrogens is 605 g/mol. The molecule has 0 bridgehead atoms. The fourth-order valence-electron chi connectivity index (χ4n) is 7.80. The summed E-state index contributed by atoms with van der Waals surface area (Å²) in [5, 5.41) is 7.63. The van der Waals surface area contributed by atoms with Crippen molar-refractivity contribution in [2.75, 3.05) is 0 Å². The van der Waals surface area contributed by atoms with Crippen LogP contribution in [-0.2, 0) is 0 Å². The van der Waals surface area contributed by atoms with Crippen LogP contribution < -0.4 is 0 Å². The van der Waals surface area contributed by atoms with Crippen LogP contribution >= 0.6 is 11.3 Å². The van der Waals surface area contributed by atoms with Crippen LogP contribution in [0.3, 0.4) is 0 Å². The van der Waals surface area contributed by atoms with Gasteiger partial charge in [0.2, 0.25) is 5.95 Å². The minimum atomic E-state index is 0.610. The van der Waals surface area contributed by atoms with Gasteiger partial charge in [-0.3, -0.25) is 4.57 Å². The zero-order chi connectivity index (χ0) is 31.3. The van der Waals surface area contributed by atoms with E-state index in [2.05, 4.69) is 114 Å². The van der Waals surface area contributed by atoms with E-state index in [-0.39, 0.29) is 0 Å². The molecule has 0 fully saturated rings. The molecule has 0 spiro atoms. The molecule has 0 radical (unpaired) electrons. The Hall–Kier alpha value is -6.17. The Morgan fingerprint density at radius 1 is 0.438 bits per heavy atom. The van der Waals surface area contributed by atoms with Crippen molar-refractivity contribution in [2.24, 2.45) is 0 Å². The molecule has 4 nitrogen and oxygen atoms in total. The van der Waals surface area contributed by atoms with E-state index in [0.717, 1.165) is 22.2 Å². The molecular formula is C43H24N4S. The molecule has 0 saturated heterocycles. The number of hydrogen-bond donors (Lipinski definition) is 0. The van der Waals surface area contributed by atoms with Gasteiger partial charge in [0.25, 0.3) is 0 Å². The predicted octanol–water partition coefficient (Wildman–Crippen LogP) is 11.5. The third kappa shape index (κ3) is 3.51. The summed E-state index contributed by atoms with van der Waals surface area (Å²) >= 11 is 1.85. The van der Waals surface area contributed by atoms with Crippen LogP contribution in [0.4, 0.5) is 0 Å². The maximum absolute atomic E-state index is 5.23. The Balaban J connectivity index is 1.36. The summed E-state index contributed by atoms with van der Waals surface area (Å²) in [4.78, 5) is 15.5. The van der Waals surface area contributed by atoms with Crippen molar-refractivity contribution >= 4 is 64.1 Å². The van der Waals surface area contributed by atoms with Crippen LogP contribution in [0, 0.1) is 0 Å². The lowest BCUT2D eigenvalue weighted by atomic mass is 9.91. The average molecular weight is 629 g/mol. The van der Waals surface area contributed by atoms with Gasteiger partial charge in [0.15, 0.2) is 11.6 Å². The summed E-state index contributed by atoms with van der Waals surface area (Å²) in [5.74, 6) is 1.91. The summed E-state index contributed by atoms with van der Waals surface area (Å²) in [7, 11) is 0. The van der Waals surface area contributed by atoms with Crippen LogP contribution in [0.1, 0.15) is 0 Å². The maximum Gasteiger partial charge on any atom is 0.238 e. The van der Waals surface area contributed by atoms with Gasteiger partial charge in [-0.15, -0.1) is 11.3 Å². The van der Waals surface area contributed by atoms with Crippen LogP contribution in [-0.4, -0.2) is 19.5 Å². The molecule has 1 aliphatic carbocycles. The van der Waals surface area contributed by atoms with E-state index in [1.165, 1.54) is 64.0 Å². The second-order valence-corrected chi connectivity index (χ2v) is 13.5. The predicted molar refractivity (Wildman–Crippen MR) is 200 cm³/mol. The lowest BCUT2D eigenvalue weighted by molar-refractivity contribution is 0.954. The van der Waals surface area contributed by atoms with Crippen LogP contribution in [0.15, 0.2) is 146 Å². The van der Waals surface area contributed by atoms with Crippen LogP contribution in [0.2, 0.25) is 0 Å². The first-order valence-corrected chi connectivity index (χ1v) is 16.9. The summed E-state index contributed by atoms with van der Waals surface area (Å²) < 4.78 is 4.81. The minimum Gasteiger partial charge on any atom is -0.278 e. The molecule has 7 aromatic carbocycles. The zero-order valence-electron chi connectivity index (χ0n) is 25.6. The largest absolute Gasteiger partial charge is 0.278 e. The Morgan fingerprint density at radius 2 is 1.06 bits per heavy atom. The van der Waals surface area contributed by atoms with Gasteiger partial charge in [-0.1, -0.05) is 127 Å². The normalized spacial score (nSPS) is 12.2. The first kappa shape index (κ1) is 26.0. The van der Waals surface area contributed by atoms with Crippen LogP contribution in [0.25, 0.3) is 104 Å². The summed E-state index contributed by atoms with van der Waals surface area (Å²) in [5.41, 5.74) is 9.12. The molecule has 48 heavy (non-hydrogen) atoms. The quantitative estimate of drug-likeness (QED) is 0.196. The summed E-state index contributed by atoms with van der Waals surface area (Å²) in [6.45, 7) is 0. The molecule has 3 aromatic heterocycles. The van der Waals surface area contributed by atoms with Crippen molar-refractivity contribution in [1.29, 1.82) is 0 Å². The van der Waals surface area contributed by atoms with E-state index in [1.807, 2.05) is 47.7 Å². The van der Waals surface area contributed by atoms with Crippen molar-refractivity contribution in [3.63, 3.8) is 0 Å². The third-order valence-electron chi connectivity index (χ3n) is 9.77. The maximum atomic E-state index is 5.23. The van der Waals surface area contributed by atoms with Gasteiger partial charge in [0, 0.05) is 47.6 Å². The van der Waals surface area contributed by atoms with Gasteiger partial charge in [-0.2, -0.15) is 9.97 Å². The number of hydrogen-bond acceptors (Lipinski definition) is 4. The van der Waals surface area contributed by atoms with Crippen molar-refractivity contribution < 1.29 is 0 Å². The molecule has 0 aliphatic heterocycles. The minimum absolute atomic E-state index is 0.610. The zero-order valence-corrected chi connectivity index (χ0v) is 26.4. The Bertz CT molecular complexity index is 2880. The smallest absolute Gasteiger partial charge is 0.238 e. The number of nitrogens with zero attached hydrogens (tertiary/aromatic N) is 4. The molecule has 0 unspecified atom stereocenters. The highest BCUT2D eigenvalue weighted by molar-refractivity contribution is 7.26. The number of fused-ring (bicyclic) bond motifs is 6. The van der Waals surface area contributed by atoms with Gasteiger partial charge >= 0.3 is 0 Å². The first-order chi connectivity index (χ1) is 23.8. The first-order valence-electron chi connectivity index (χ1n) is 16.1. The molecule has 10 aromatic rings. The third-order valence-corrected chi connectivity index (χ3v) is 10.9. The second kappa shape index (κ2) is 9.67. The lowest BCUT2D eigenvalue weighted by Gasteiger charge is -2.14. The number of rotatable bonds is 3. The van der Waals surface area contributed by atoms with E-state index in [1.54, 1.807) is 0 Å². The fraction of sp³-hybridized carbons (Fsp3) is 0. The van der Waals surface area contributed by atoms with E-state index in [4.69, 9.17) is 15.0 Å². The van der Waals surface area contributed by atoms with Crippen LogP contribution in [0.5, 0.6) is 0 Å². The molecule has 222 valence electrons. The second-order valence-electron chi connectivity index (χ2n) is 12.4. The summed E-state index contributed by atoms with van der Waals surface area (Å²) in [6, 6.07) is 51.7. The molecule has 5 heteroatoms. The van der Waals surface area contributed by atoms with E-state index in [9.17, 15) is 0 Å². The van der Waals surface area contributed by atoms with E-state index < -0.39 is 0 Å². The molecule has 0 atom stereocenters. The van der Waals surface area contributed by atoms with Gasteiger partial charge in [-0.05, 0) is 45.7 Å². The Labute approximate surface area is 279 Å². The highest BCUT2D eigenvalue weighted by atomic mass is 32.1. The number of aromatic nitrogens is 4. The highest BCUT2D eigenvalue weighted by Crippen LogP contribution is 2.53. The molecule has 0 N–H and O–H groups in total. The topological polar surface area (TPSA) is 43.6 Å². The van der Waals surface area contributed by atoms with Crippen molar-refractivity contribution in [3.05, 3.63) is 146 Å².